The van der Waals surface area contributed by atoms with Gasteiger partial charge in [0.1, 0.15) is 12.4 Å². The molecule has 2 amide bonds. The van der Waals surface area contributed by atoms with Crippen LogP contribution in [0.5, 0.6) is 17.2 Å². The van der Waals surface area contributed by atoms with Gasteiger partial charge in [-0.05, 0) is 111 Å². The molecule has 0 saturated heterocycles. The van der Waals surface area contributed by atoms with E-state index < -0.39 is 18.8 Å². The Morgan fingerprint density at radius 2 is 1.88 bits per heavy atom. The summed E-state index contributed by atoms with van der Waals surface area (Å²) >= 11 is 1.34. The molecular formula is C41H45BF2N6O7S. The molecule has 0 aliphatic carbocycles. The second kappa shape index (κ2) is 19.2. The van der Waals surface area contributed by atoms with Crippen LogP contribution in [0.4, 0.5) is 13.8 Å². The summed E-state index contributed by atoms with van der Waals surface area (Å²) in [6.45, 7) is 7.25. The Bertz CT molecular complexity index is 2210. The Morgan fingerprint density at radius 3 is 2.62 bits per heavy atom. The summed E-state index contributed by atoms with van der Waals surface area (Å²) in [4.78, 5) is 45.7. The molecule has 0 radical (unpaired) electrons. The second-order valence-corrected chi connectivity index (χ2v) is 15.0. The number of nitrogens with one attached hydrogen (secondary N) is 3. The van der Waals surface area contributed by atoms with Crippen LogP contribution in [0.3, 0.4) is 0 Å². The van der Waals surface area contributed by atoms with Gasteiger partial charge in [0, 0.05) is 60.1 Å². The quantitative estimate of drug-likeness (QED) is 0.0592. The molecule has 13 nitrogen and oxygen atoms in total. The zero-order valence-corrected chi connectivity index (χ0v) is 33.3. The number of aryl methyl sites for hydroxylation is 2. The fraction of sp³-hybridized carbons (Fsp3) is 0.341. The van der Waals surface area contributed by atoms with Crippen LogP contribution in [-0.2, 0) is 32.7 Å². The number of carbonyl (C=O) groups is 3. The summed E-state index contributed by atoms with van der Waals surface area (Å²) in [6.07, 6.45) is 8.17. The summed E-state index contributed by atoms with van der Waals surface area (Å²) in [6, 6.07) is 11.7. The molecule has 0 spiro atoms. The van der Waals surface area contributed by atoms with Gasteiger partial charge < -0.3 is 39.8 Å². The van der Waals surface area contributed by atoms with Crippen LogP contribution in [0, 0.1) is 13.8 Å². The van der Waals surface area contributed by atoms with E-state index >= 15 is 0 Å². The maximum absolute atomic E-state index is 13.1. The number of anilines is 1. The lowest BCUT2D eigenvalue weighted by Gasteiger charge is -2.37. The SMILES string of the molecule is Cc1cc(C)n(CB(F)F)c1/C=C1/C=CC(CCC(=O)NCCOCCOc2cc3c(cc2Oc2ccc(C(=O)O)cc2)[C@@](C)(CC(=O)Nc2nccs2)NCC3)=N1. The van der Waals surface area contributed by atoms with Gasteiger partial charge in [-0.2, -0.15) is 0 Å². The van der Waals surface area contributed by atoms with Crippen molar-refractivity contribution in [3.8, 4) is 17.2 Å². The number of amides is 2. The lowest BCUT2D eigenvalue weighted by atomic mass is 9.81. The van der Waals surface area contributed by atoms with Gasteiger partial charge in [0.15, 0.2) is 16.6 Å². The Labute approximate surface area is 339 Å². The molecule has 4 N–H and O–H groups in total. The number of nitrogens with zero attached hydrogens (tertiary/aromatic N) is 3. The molecule has 2 aromatic heterocycles. The molecule has 0 bridgehead atoms. The van der Waals surface area contributed by atoms with Crippen LogP contribution in [0.25, 0.3) is 6.08 Å². The Morgan fingerprint density at radius 1 is 1.07 bits per heavy atom. The number of carboxylic acid groups (broad SMARTS) is 1. The Hall–Kier alpha value is -5.65. The predicted octanol–water partition coefficient (Wildman–Crippen LogP) is 6.75. The van der Waals surface area contributed by atoms with Crippen molar-refractivity contribution >= 4 is 53.3 Å². The first-order valence-corrected chi connectivity index (χ1v) is 19.8. The van der Waals surface area contributed by atoms with Crippen molar-refractivity contribution in [2.75, 3.05) is 38.2 Å². The molecule has 6 rings (SSSR count). The summed E-state index contributed by atoms with van der Waals surface area (Å²) in [5.41, 5.74) is 4.99. The van der Waals surface area contributed by atoms with Crippen molar-refractivity contribution in [1.82, 2.24) is 20.2 Å². The minimum absolute atomic E-state index is 0.123. The summed E-state index contributed by atoms with van der Waals surface area (Å²) in [5.74, 6) is -0.133. The summed E-state index contributed by atoms with van der Waals surface area (Å²) in [5, 5.41) is 20.8. The number of allylic oxidation sites excluding steroid dienone is 2. The number of thiazole rings is 1. The average molecular weight is 815 g/mol. The summed E-state index contributed by atoms with van der Waals surface area (Å²) < 4.78 is 46.0. The van der Waals surface area contributed by atoms with Crippen LogP contribution >= 0.6 is 11.3 Å². The normalized spacial score (nSPS) is 16.5. The predicted molar refractivity (Wildman–Crippen MR) is 219 cm³/mol. The van der Waals surface area contributed by atoms with E-state index in [1.165, 1.54) is 23.5 Å². The topological polar surface area (TPSA) is 165 Å². The Kier molecular flexibility index (Phi) is 13.9. The fourth-order valence-corrected chi connectivity index (χ4v) is 7.48. The monoisotopic (exact) mass is 814 g/mol. The number of hydrogen-bond donors (Lipinski definition) is 4. The molecule has 0 fully saturated rings. The zero-order chi connectivity index (χ0) is 41.2. The first kappa shape index (κ1) is 42.0. The third-order valence-corrected chi connectivity index (χ3v) is 10.4. The van der Waals surface area contributed by atoms with Gasteiger partial charge in [0.05, 0.1) is 30.9 Å². The molecule has 2 aliphatic rings. The molecular weight excluding hydrogens is 769 g/mol. The maximum atomic E-state index is 13.1. The number of benzene rings is 2. The van der Waals surface area contributed by atoms with Crippen LogP contribution < -0.4 is 25.4 Å². The molecule has 4 heterocycles. The molecule has 304 valence electrons. The van der Waals surface area contributed by atoms with Crippen LogP contribution in [-0.4, -0.2) is 78.3 Å². The van der Waals surface area contributed by atoms with Crippen LogP contribution in [0.1, 0.15) is 64.6 Å². The van der Waals surface area contributed by atoms with Crippen molar-refractivity contribution in [3.05, 3.63) is 106 Å². The lowest BCUT2D eigenvalue weighted by Crippen LogP contribution is -2.47. The third kappa shape index (κ3) is 11.1. The molecule has 2 aliphatic heterocycles. The number of aromatic carboxylic acids is 1. The number of fused-ring (bicyclic) bond motifs is 1. The number of rotatable bonds is 19. The van der Waals surface area contributed by atoms with E-state index in [2.05, 4.69) is 25.9 Å². The number of ether oxygens (including phenoxy) is 3. The van der Waals surface area contributed by atoms with Crippen molar-refractivity contribution in [2.45, 2.75) is 58.4 Å². The average Bonchev–Trinajstić information content (AvgIpc) is 3.92. The zero-order valence-electron chi connectivity index (χ0n) is 32.5. The number of halogens is 2. The number of hydrogen-bond acceptors (Lipinski definition) is 10. The van der Waals surface area contributed by atoms with Crippen molar-refractivity contribution in [1.29, 1.82) is 0 Å². The highest BCUT2D eigenvalue weighted by Crippen LogP contribution is 2.41. The minimum atomic E-state index is -2.47. The lowest BCUT2D eigenvalue weighted by molar-refractivity contribution is -0.121. The highest BCUT2D eigenvalue weighted by atomic mass is 32.1. The number of carbonyl (C=O) groups excluding carboxylic acids is 2. The molecule has 58 heavy (non-hydrogen) atoms. The molecule has 17 heteroatoms. The third-order valence-electron chi connectivity index (χ3n) is 9.73. The van der Waals surface area contributed by atoms with Gasteiger partial charge in [-0.1, -0.05) is 0 Å². The molecule has 4 aromatic rings. The van der Waals surface area contributed by atoms with Crippen molar-refractivity contribution in [2.24, 2.45) is 4.99 Å². The van der Waals surface area contributed by atoms with E-state index in [0.717, 1.165) is 28.1 Å². The van der Waals surface area contributed by atoms with Crippen molar-refractivity contribution < 1.29 is 42.3 Å². The van der Waals surface area contributed by atoms with Gasteiger partial charge in [0.25, 0.3) is 0 Å². The number of aliphatic imine (C=N–C) groups is 1. The van der Waals surface area contributed by atoms with Crippen LogP contribution in [0.2, 0.25) is 0 Å². The van der Waals surface area contributed by atoms with Gasteiger partial charge in [-0.25, -0.2) is 9.78 Å². The van der Waals surface area contributed by atoms with E-state index in [9.17, 15) is 28.1 Å². The smallest absolute Gasteiger partial charge is 0.487 e. The van der Waals surface area contributed by atoms with Gasteiger partial charge in [-0.3, -0.25) is 23.2 Å². The molecule has 0 unspecified atom stereocenters. The highest BCUT2D eigenvalue weighted by molar-refractivity contribution is 7.13. The minimum Gasteiger partial charge on any atom is -0.487 e. The van der Waals surface area contributed by atoms with E-state index in [1.807, 2.05) is 44.2 Å². The van der Waals surface area contributed by atoms with E-state index in [0.29, 0.717) is 59.7 Å². The molecule has 2 aromatic carbocycles. The van der Waals surface area contributed by atoms with Crippen molar-refractivity contribution in [3.63, 3.8) is 0 Å². The number of carboxylic acids is 1. The van der Waals surface area contributed by atoms with Gasteiger partial charge in [-0.15, -0.1) is 11.3 Å². The van der Waals surface area contributed by atoms with E-state index in [-0.39, 0.29) is 56.5 Å². The second-order valence-electron chi connectivity index (χ2n) is 14.1. The van der Waals surface area contributed by atoms with Crippen LogP contribution in [0.15, 0.2) is 76.9 Å². The molecule has 1 atom stereocenters. The Balaban J connectivity index is 0.998. The van der Waals surface area contributed by atoms with E-state index in [1.54, 1.807) is 41.3 Å². The van der Waals surface area contributed by atoms with Gasteiger partial charge >= 0.3 is 13.2 Å². The first-order valence-electron chi connectivity index (χ1n) is 18.9. The van der Waals surface area contributed by atoms with Gasteiger partial charge in [0.2, 0.25) is 11.8 Å². The standard InChI is InChI=1S/C41H45BF2N6O7S/c1-26-20-27(2)50(25-42(43)44)34(26)22-31-7-6-30(48-31)8-11-37(51)45-14-16-55-17-18-56-35-21-29-12-13-47-41(3,24-38(52)49-40-46-15-19-58-40)33(29)23-36(35)57-32-9-4-28(5-10-32)39(53)54/h4-7,9-10,15,19-23,47H,8,11-14,16-18,24-25H2,1-3H3,(H,45,51)(H,53,54)(H,46,49,52)/b31-22-/t41-/m1/s1. The number of aromatic nitrogens is 2. The first-order chi connectivity index (χ1) is 27.9. The maximum Gasteiger partial charge on any atom is 0.557 e. The van der Waals surface area contributed by atoms with E-state index in [4.69, 9.17) is 14.2 Å². The largest absolute Gasteiger partial charge is 0.557 e. The highest BCUT2D eigenvalue weighted by Gasteiger charge is 2.35. The summed E-state index contributed by atoms with van der Waals surface area (Å²) in [7, 11) is -2.47. The molecule has 0 saturated carbocycles. The fourth-order valence-electron chi connectivity index (χ4n) is 6.93.